The van der Waals surface area contributed by atoms with E-state index in [1.165, 1.54) is 0 Å². The van der Waals surface area contributed by atoms with Crippen molar-refractivity contribution in [1.82, 2.24) is 0 Å². The first-order valence-electron chi connectivity index (χ1n) is 9.45. The van der Waals surface area contributed by atoms with Crippen LogP contribution >= 0.6 is 0 Å². The molecule has 1 fully saturated rings. The molecule has 0 saturated heterocycles. The first kappa shape index (κ1) is 30.3. The van der Waals surface area contributed by atoms with Gasteiger partial charge in [-0.2, -0.15) is 0 Å². The molecule has 0 aromatic heterocycles. The number of aliphatic hydroxyl groups is 2. The molecular weight excluding hydrogens is 474 g/mol. The minimum atomic E-state index is -0.852. The maximum absolute atomic E-state index is 11.3. The summed E-state index contributed by atoms with van der Waals surface area (Å²) >= 11 is 0. The second-order valence-electron chi connectivity index (χ2n) is 11.9. The van der Waals surface area contributed by atoms with E-state index in [-0.39, 0.29) is 97.9 Å². The molecule has 0 spiro atoms. The smallest absolute Gasteiger partial charge is 0.0655 e. The quantitative estimate of drug-likeness (QED) is 0.496. The molecule has 0 unspecified atom stereocenters. The SMILES string of the molecule is CC(C)(O)C1(C)C(C)(C)C(C)(C)C(C)(C(C)(C)O)C(C)(C)C1(C)C.[Y].[Y]. The standard InChI is InChI=1S/C22H44O2.2Y/c1-15(2)16(3,4)22(14,20(11,12)24)18(7,8)17(5,6)21(15,13)19(9,10)23;;/h23-24H,1-14H3;;. The zero-order valence-electron chi connectivity index (χ0n) is 20.0. The molecule has 0 heterocycles. The van der Waals surface area contributed by atoms with Gasteiger partial charge < -0.3 is 10.2 Å². The van der Waals surface area contributed by atoms with E-state index in [0.717, 1.165) is 0 Å². The maximum atomic E-state index is 11.3. The zero-order valence-corrected chi connectivity index (χ0v) is 25.7. The molecule has 2 nitrogen and oxygen atoms in total. The van der Waals surface area contributed by atoms with Gasteiger partial charge in [0.05, 0.1) is 11.2 Å². The molecule has 2 N–H and O–H groups in total. The second kappa shape index (κ2) is 7.37. The van der Waals surface area contributed by atoms with Gasteiger partial charge in [-0.1, -0.05) is 69.2 Å². The van der Waals surface area contributed by atoms with Crippen LogP contribution in [-0.4, -0.2) is 21.4 Å². The first-order chi connectivity index (χ1) is 10.0. The molecule has 0 aromatic rings. The van der Waals surface area contributed by atoms with E-state index in [1.54, 1.807) is 0 Å². The maximum Gasteiger partial charge on any atom is 0.0655 e. The third-order valence-corrected chi connectivity index (χ3v) is 10.6. The van der Waals surface area contributed by atoms with Crippen LogP contribution in [0.4, 0.5) is 0 Å². The van der Waals surface area contributed by atoms with Gasteiger partial charge in [0, 0.05) is 76.2 Å². The van der Waals surface area contributed by atoms with Gasteiger partial charge in [-0.3, -0.25) is 0 Å². The molecule has 0 atom stereocenters. The number of rotatable bonds is 2. The number of hydrogen-bond donors (Lipinski definition) is 2. The molecule has 2 radical (unpaired) electrons. The predicted molar refractivity (Wildman–Crippen MR) is 104 cm³/mol. The average molecular weight is 518 g/mol. The molecule has 0 aliphatic heterocycles. The average Bonchev–Trinajstić information content (AvgIpc) is 2.31. The van der Waals surface area contributed by atoms with E-state index in [1.807, 2.05) is 27.7 Å². The van der Waals surface area contributed by atoms with Crippen molar-refractivity contribution in [1.29, 1.82) is 0 Å². The molecular formula is C22H44O2Y2. The van der Waals surface area contributed by atoms with Crippen LogP contribution in [0.25, 0.3) is 0 Å². The Morgan fingerprint density at radius 3 is 0.615 bits per heavy atom. The molecule has 1 aliphatic rings. The molecule has 4 heteroatoms. The molecule has 1 rings (SSSR count). The summed E-state index contributed by atoms with van der Waals surface area (Å²) in [5.74, 6) is 0. The van der Waals surface area contributed by atoms with E-state index >= 15 is 0 Å². The van der Waals surface area contributed by atoms with E-state index < -0.39 is 11.2 Å². The van der Waals surface area contributed by atoms with Crippen LogP contribution in [0.3, 0.4) is 0 Å². The zero-order chi connectivity index (χ0) is 20.0. The summed E-state index contributed by atoms with van der Waals surface area (Å²) in [6.45, 7) is 30.6. The Morgan fingerprint density at radius 1 is 0.423 bits per heavy atom. The van der Waals surface area contributed by atoms with Crippen LogP contribution in [0, 0.1) is 32.5 Å². The summed E-state index contributed by atoms with van der Waals surface area (Å²) in [4.78, 5) is 0. The van der Waals surface area contributed by atoms with Crippen LogP contribution in [0.2, 0.25) is 0 Å². The van der Waals surface area contributed by atoms with E-state index in [9.17, 15) is 10.2 Å². The van der Waals surface area contributed by atoms with Crippen molar-refractivity contribution in [2.24, 2.45) is 32.5 Å². The van der Waals surface area contributed by atoms with Crippen molar-refractivity contribution >= 4 is 0 Å². The minimum Gasteiger partial charge on any atom is -0.390 e. The Morgan fingerprint density at radius 2 is 0.538 bits per heavy atom. The van der Waals surface area contributed by atoms with Crippen LogP contribution in [0.5, 0.6) is 0 Å². The van der Waals surface area contributed by atoms with Gasteiger partial charge >= 0.3 is 0 Å². The van der Waals surface area contributed by atoms with E-state index in [2.05, 4.69) is 69.2 Å². The van der Waals surface area contributed by atoms with Gasteiger partial charge in [0.25, 0.3) is 0 Å². The van der Waals surface area contributed by atoms with Crippen LogP contribution < -0.4 is 0 Å². The molecule has 1 saturated carbocycles. The summed E-state index contributed by atoms with van der Waals surface area (Å²) in [6, 6.07) is 0. The third-order valence-electron chi connectivity index (χ3n) is 10.6. The van der Waals surface area contributed by atoms with Crippen molar-refractivity contribution in [3.05, 3.63) is 0 Å². The Bertz CT molecular complexity index is 441. The normalized spacial score (nSPS) is 35.1. The molecule has 0 amide bonds. The first-order valence-corrected chi connectivity index (χ1v) is 9.45. The molecule has 26 heavy (non-hydrogen) atoms. The van der Waals surface area contributed by atoms with Crippen molar-refractivity contribution in [2.75, 3.05) is 0 Å². The largest absolute Gasteiger partial charge is 0.390 e. The summed E-state index contributed by atoms with van der Waals surface area (Å²) in [5, 5.41) is 22.7. The van der Waals surface area contributed by atoms with Gasteiger partial charge in [0.15, 0.2) is 0 Å². The monoisotopic (exact) mass is 518 g/mol. The second-order valence-corrected chi connectivity index (χ2v) is 11.9. The summed E-state index contributed by atoms with van der Waals surface area (Å²) in [5.41, 5.74) is -3.28. The van der Waals surface area contributed by atoms with Crippen molar-refractivity contribution in [3.8, 4) is 0 Å². The van der Waals surface area contributed by atoms with Crippen molar-refractivity contribution < 1.29 is 75.6 Å². The topological polar surface area (TPSA) is 40.5 Å². The molecule has 1 aliphatic carbocycles. The van der Waals surface area contributed by atoms with Crippen molar-refractivity contribution in [2.45, 2.75) is 108 Å². The summed E-state index contributed by atoms with van der Waals surface area (Å²) in [7, 11) is 0. The minimum absolute atomic E-state index is 0. The van der Waals surface area contributed by atoms with Gasteiger partial charge in [0.1, 0.15) is 0 Å². The van der Waals surface area contributed by atoms with E-state index in [4.69, 9.17) is 0 Å². The fraction of sp³-hybridized carbons (Fsp3) is 1.00. The molecule has 150 valence electrons. The fourth-order valence-electron chi connectivity index (χ4n) is 7.12. The molecule has 0 bridgehead atoms. The van der Waals surface area contributed by atoms with Crippen molar-refractivity contribution in [3.63, 3.8) is 0 Å². The Balaban J connectivity index is 0. The Kier molecular flexibility index (Phi) is 8.60. The van der Waals surface area contributed by atoms with Gasteiger partial charge in [-0.15, -0.1) is 0 Å². The van der Waals surface area contributed by atoms with Gasteiger partial charge in [0.2, 0.25) is 0 Å². The third kappa shape index (κ3) is 3.00. The van der Waals surface area contributed by atoms with E-state index in [0.29, 0.717) is 0 Å². The Hall–Kier alpha value is 2.13. The molecule has 0 aromatic carbocycles. The predicted octanol–water partition coefficient (Wildman–Crippen LogP) is 5.65. The fourth-order valence-corrected chi connectivity index (χ4v) is 7.12. The van der Waals surface area contributed by atoms with Crippen LogP contribution in [0.1, 0.15) is 96.9 Å². The summed E-state index contributed by atoms with van der Waals surface area (Å²) < 4.78 is 0. The number of hydrogen-bond acceptors (Lipinski definition) is 2. The summed E-state index contributed by atoms with van der Waals surface area (Å²) in [6.07, 6.45) is 0. The van der Waals surface area contributed by atoms with Gasteiger partial charge in [-0.25, -0.2) is 0 Å². The van der Waals surface area contributed by atoms with Gasteiger partial charge in [-0.05, 0) is 49.4 Å². The van der Waals surface area contributed by atoms with Crippen LogP contribution in [-0.2, 0) is 65.4 Å². The van der Waals surface area contributed by atoms with Crippen LogP contribution in [0.15, 0.2) is 0 Å². The Labute approximate surface area is 214 Å².